The number of aryl methyl sites for hydroxylation is 1. The van der Waals surface area contributed by atoms with Crippen molar-refractivity contribution in [3.05, 3.63) is 41.5 Å². The Labute approximate surface area is 319 Å². The van der Waals surface area contributed by atoms with Crippen LogP contribution in [0.15, 0.2) is 30.4 Å². The fourth-order valence-electron chi connectivity index (χ4n) is 5.91. The maximum atomic E-state index is 13.2. The number of aliphatic carboxylic acids is 1. The van der Waals surface area contributed by atoms with Gasteiger partial charge in [-0.1, -0.05) is 26.3 Å². The van der Waals surface area contributed by atoms with Gasteiger partial charge in [0.1, 0.15) is 37.0 Å². The molecule has 5 amide bonds. The van der Waals surface area contributed by atoms with E-state index in [1.807, 2.05) is 0 Å². The van der Waals surface area contributed by atoms with Gasteiger partial charge in [0.25, 0.3) is 11.8 Å². The Morgan fingerprint density at radius 2 is 1.53 bits per heavy atom. The Bertz CT molecular complexity index is 1600. The first-order valence-corrected chi connectivity index (χ1v) is 18.4. The Morgan fingerprint density at radius 3 is 2.13 bits per heavy atom. The van der Waals surface area contributed by atoms with Gasteiger partial charge in [-0.3, -0.25) is 33.7 Å². The summed E-state index contributed by atoms with van der Waals surface area (Å²) in [4.78, 5) is 87.7. The summed E-state index contributed by atoms with van der Waals surface area (Å²) < 4.78 is 10.9. The monoisotopic (exact) mass is 774 g/mol. The molecule has 17 heteroatoms. The molecule has 55 heavy (non-hydrogen) atoms. The number of esters is 1. The molecule has 3 rings (SSSR count). The van der Waals surface area contributed by atoms with Crippen LogP contribution >= 0.6 is 0 Å². The first kappa shape index (κ1) is 44.7. The van der Waals surface area contributed by atoms with Gasteiger partial charge in [0, 0.05) is 30.8 Å². The van der Waals surface area contributed by atoms with E-state index in [-0.39, 0.29) is 56.1 Å². The molecule has 1 aromatic rings. The summed E-state index contributed by atoms with van der Waals surface area (Å²) in [6.45, 7) is 10.2. The van der Waals surface area contributed by atoms with Crippen molar-refractivity contribution >= 4 is 47.2 Å². The van der Waals surface area contributed by atoms with Crippen LogP contribution in [-0.4, -0.2) is 116 Å². The van der Waals surface area contributed by atoms with Crippen LogP contribution in [-0.2, 0) is 56.1 Å². The molecule has 0 unspecified atom stereocenters. The minimum Gasteiger partial charge on any atom is -0.479 e. The normalized spacial score (nSPS) is 22.3. The number of aliphatic hydroxyl groups is 3. The average molecular weight is 775 g/mol. The van der Waals surface area contributed by atoms with Crippen LogP contribution in [0.25, 0.3) is 0 Å². The summed E-state index contributed by atoms with van der Waals surface area (Å²) in [6, 6.07) is 2.80. The van der Waals surface area contributed by atoms with E-state index in [0.29, 0.717) is 36.1 Å². The van der Waals surface area contributed by atoms with E-state index in [1.54, 1.807) is 52.8 Å². The lowest BCUT2D eigenvalue weighted by Gasteiger charge is -2.39. The maximum absolute atomic E-state index is 13.2. The van der Waals surface area contributed by atoms with E-state index in [2.05, 4.69) is 16.0 Å². The average Bonchev–Trinajstić information content (AvgIpc) is 3.43. The molecule has 0 aliphatic carbocycles. The molecule has 1 saturated heterocycles. The lowest BCUT2D eigenvalue weighted by Crippen LogP contribution is -2.59. The summed E-state index contributed by atoms with van der Waals surface area (Å²) in [5.74, 6) is -4.53. The second-order valence-corrected chi connectivity index (χ2v) is 15.2. The first-order chi connectivity index (χ1) is 25.7. The number of carboxylic acids is 1. The number of ether oxygens (including phenoxy) is 2. The highest BCUT2D eigenvalue weighted by atomic mass is 16.6. The number of anilines is 1. The SMILES string of the molecule is CC(C)[C@H](NC(=O)CCCCCN1C(=O)C=CC1=O)C(=O)N[C@@H](C)C(=O)Nc1ccc(COC(=O)C(C)(C)C)c(CC[C@@H]2O[C@H](C(=O)O)[C@H](O)[C@H](O)[C@@H]2O)c1. The van der Waals surface area contributed by atoms with Crippen LogP contribution < -0.4 is 16.0 Å². The van der Waals surface area contributed by atoms with Crippen molar-refractivity contribution in [2.45, 2.75) is 129 Å². The van der Waals surface area contributed by atoms with E-state index in [4.69, 9.17) is 9.47 Å². The van der Waals surface area contributed by atoms with Gasteiger partial charge in [-0.15, -0.1) is 0 Å². The minimum absolute atomic E-state index is 0.0144. The smallest absolute Gasteiger partial charge is 0.335 e. The Kier molecular flexibility index (Phi) is 16.0. The zero-order valence-corrected chi connectivity index (χ0v) is 32.1. The lowest BCUT2D eigenvalue weighted by atomic mass is 9.91. The first-order valence-electron chi connectivity index (χ1n) is 18.4. The topological polar surface area (TPSA) is 258 Å². The molecular formula is C38H54N4O13. The Hall–Kier alpha value is -4.71. The predicted octanol–water partition coefficient (Wildman–Crippen LogP) is 0.713. The molecule has 0 spiro atoms. The number of carbonyl (C=O) groups excluding carboxylic acids is 6. The second-order valence-electron chi connectivity index (χ2n) is 15.2. The van der Waals surface area contributed by atoms with Crippen LogP contribution in [0.3, 0.4) is 0 Å². The number of hydrogen-bond donors (Lipinski definition) is 7. The summed E-state index contributed by atoms with van der Waals surface area (Å²) in [5, 5.41) is 48.3. The van der Waals surface area contributed by atoms with Gasteiger partial charge in [0.2, 0.25) is 17.7 Å². The van der Waals surface area contributed by atoms with Crippen LogP contribution in [0.1, 0.15) is 84.8 Å². The van der Waals surface area contributed by atoms with Gasteiger partial charge < -0.3 is 45.9 Å². The van der Waals surface area contributed by atoms with Gasteiger partial charge in [0.15, 0.2) is 6.10 Å². The molecule has 7 N–H and O–H groups in total. The van der Waals surface area contributed by atoms with Crippen molar-refractivity contribution in [2.24, 2.45) is 11.3 Å². The number of amides is 5. The highest BCUT2D eigenvalue weighted by molar-refractivity contribution is 6.12. The molecule has 0 radical (unpaired) electrons. The van der Waals surface area contributed by atoms with Crippen LogP contribution in [0.5, 0.6) is 0 Å². The molecule has 2 aliphatic rings. The van der Waals surface area contributed by atoms with Crippen molar-refractivity contribution in [1.29, 1.82) is 0 Å². The number of unbranched alkanes of at least 4 members (excludes halogenated alkanes) is 2. The van der Waals surface area contributed by atoms with E-state index >= 15 is 0 Å². The number of imide groups is 1. The Morgan fingerprint density at radius 1 is 0.873 bits per heavy atom. The van der Waals surface area contributed by atoms with Crippen molar-refractivity contribution in [3.8, 4) is 0 Å². The van der Waals surface area contributed by atoms with Crippen LogP contribution in [0.2, 0.25) is 0 Å². The zero-order chi connectivity index (χ0) is 41.2. The number of carbonyl (C=O) groups is 7. The van der Waals surface area contributed by atoms with Crippen molar-refractivity contribution in [1.82, 2.24) is 15.5 Å². The molecule has 2 heterocycles. The van der Waals surface area contributed by atoms with Crippen molar-refractivity contribution in [2.75, 3.05) is 11.9 Å². The summed E-state index contributed by atoms with van der Waals surface area (Å²) in [6.07, 6.45) is -3.91. The fourth-order valence-corrected chi connectivity index (χ4v) is 5.91. The van der Waals surface area contributed by atoms with E-state index in [9.17, 15) is 54.0 Å². The van der Waals surface area contributed by atoms with Crippen LogP contribution in [0, 0.1) is 11.3 Å². The van der Waals surface area contributed by atoms with E-state index in [1.165, 1.54) is 19.1 Å². The zero-order valence-electron chi connectivity index (χ0n) is 32.1. The summed E-state index contributed by atoms with van der Waals surface area (Å²) in [7, 11) is 0. The van der Waals surface area contributed by atoms with E-state index in [0.717, 1.165) is 4.90 Å². The molecule has 2 aliphatic heterocycles. The molecule has 0 saturated carbocycles. The molecule has 1 aromatic carbocycles. The predicted molar refractivity (Wildman–Crippen MR) is 196 cm³/mol. The third-order valence-electron chi connectivity index (χ3n) is 9.30. The van der Waals surface area contributed by atoms with Crippen LogP contribution in [0.4, 0.5) is 5.69 Å². The highest BCUT2D eigenvalue weighted by Gasteiger charge is 2.46. The lowest BCUT2D eigenvalue weighted by molar-refractivity contribution is -0.228. The third-order valence-corrected chi connectivity index (χ3v) is 9.30. The quantitative estimate of drug-likeness (QED) is 0.0617. The number of carboxylic acid groups (broad SMARTS) is 1. The van der Waals surface area contributed by atoms with Gasteiger partial charge in [-0.05, 0) is 82.6 Å². The Balaban J connectivity index is 1.62. The minimum atomic E-state index is -1.84. The molecule has 1 fully saturated rings. The molecule has 0 aromatic heterocycles. The van der Waals surface area contributed by atoms with Gasteiger partial charge in [-0.25, -0.2) is 4.79 Å². The number of aliphatic hydroxyl groups excluding tert-OH is 3. The van der Waals surface area contributed by atoms with Crippen molar-refractivity contribution in [3.63, 3.8) is 0 Å². The van der Waals surface area contributed by atoms with E-state index < -0.39 is 71.8 Å². The molecule has 7 atom stereocenters. The fraction of sp³-hybridized carbons (Fsp3) is 0.605. The second kappa shape index (κ2) is 19.7. The number of nitrogens with one attached hydrogen (secondary N) is 3. The molecule has 17 nitrogen and oxygen atoms in total. The molecule has 304 valence electrons. The maximum Gasteiger partial charge on any atom is 0.335 e. The standard InChI is InChI=1S/C38H54N4O13/c1-20(2)29(41-26(43)10-8-7-9-17-42-27(44)15-16-28(42)45)35(50)39-21(3)34(49)40-24-13-11-23(19-54-37(53)38(4,5)6)22(18-24)12-14-25-30(46)31(47)32(48)33(55-25)36(51)52/h11,13,15-16,18,20-21,25,29-33,46-48H,7-10,12,14,17,19H2,1-6H3,(H,39,50)(H,40,49)(H,41,43)(H,51,52)/t21-,25-,29-,30+,31+,32+,33-/m0/s1. The third kappa shape index (κ3) is 12.7. The number of rotatable bonds is 18. The van der Waals surface area contributed by atoms with Gasteiger partial charge in [-0.2, -0.15) is 0 Å². The number of nitrogens with zero attached hydrogens (tertiary/aromatic N) is 1. The van der Waals surface area contributed by atoms with Gasteiger partial charge in [0.05, 0.1) is 11.5 Å². The number of benzene rings is 1. The largest absolute Gasteiger partial charge is 0.479 e. The van der Waals surface area contributed by atoms with Crippen molar-refractivity contribution < 1.29 is 63.5 Å². The van der Waals surface area contributed by atoms with Gasteiger partial charge >= 0.3 is 11.9 Å². The highest BCUT2D eigenvalue weighted by Crippen LogP contribution is 2.27. The molecular weight excluding hydrogens is 720 g/mol. The molecule has 0 bridgehead atoms. The summed E-state index contributed by atoms with van der Waals surface area (Å²) in [5.41, 5.74) is 0.603. The summed E-state index contributed by atoms with van der Waals surface area (Å²) >= 11 is 0. The number of hydrogen-bond acceptors (Lipinski definition) is 12.